The average Bonchev–Trinajstić information content (AvgIpc) is 2.78. The van der Waals surface area contributed by atoms with Gasteiger partial charge in [-0.1, -0.05) is 48.5 Å². The van der Waals surface area contributed by atoms with Gasteiger partial charge in [-0.05, 0) is 30.5 Å². The van der Waals surface area contributed by atoms with Gasteiger partial charge >= 0.3 is 6.18 Å². The van der Waals surface area contributed by atoms with Gasteiger partial charge in [-0.15, -0.1) is 6.58 Å². The first-order valence-corrected chi connectivity index (χ1v) is 11.7. The van der Waals surface area contributed by atoms with E-state index in [-0.39, 0.29) is 31.8 Å². The smallest absolute Gasteiger partial charge is 0.334 e. The summed E-state index contributed by atoms with van der Waals surface area (Å²) in [7, 11) is -4.33. The van der Waals surface area contributed by atoms with Crippen LogP contribution < -0.4 is 0 Å². The van der Waals surface area contributed by atoms with Crippen molar-refractivity contribution in [1.82, 2.24) is 9.21 Å². The zero-order valence-corrected chi connectivity index (χ0v) is 18.3. The lowest BCUT2D eigenvalue weighted by atomic mass is 9.96. The number of sulfonamides is 1. The van der Waals surface area contributed by atoms with Crippen molar-refractivity contribution in [2.24, 2.45) is 5.92 Å². The number of nitrogens with zero attached hydrogens (tertiary/aromatic N) is 2. The number of hydrogen-bond acceptors (Lipinski definition) is 3. The van der Waals surface area contributed by atoms with Gasteiger partial charge in [0.15, 0.2) is 0 Å². The number of carbonyl (C=O) groups is 1. The molecule has 0 unspecified atom stereocenters. The fourth-order valence-electron chi connectivity index (χ4n) is 3.86. The number of carbonyl (C=O) groups excluding carboxylic acids is 1. The molecule has 0 aliphatic carbocycles. The first kappa shape index (κ1) is 24.0. The van der Waals surface area contributed by atoms with E-state index in [4.69, 9.17) is 0 Å². The van der Waals surface area contributed by atoms with E-state index in [0.717, 1.165) is 28.1 Å². The van der Waals surface area contributed by atoms with Crippen molar-refractivity contribution in [3.8, 4) is 0 Å². The van der Waals surface area contributed by atoms with Gasteiger partial charge in [-0.2, -0.15) is 17.5 Å². The summed E-state index contributed by atoms with van der Waals surface area (Å²) in [5.41, 5.74) is -0.218. The highest BCUT2D eigenvalue weighted by Gasteiger charge is 2.40. The van der Waals surface area contributed by atoms with E-state index < -0.39 is 32.6 Å². The minimum atomic E-state index is -4.78. The number of piperidine rings is 1. The molecule has 0 spiro atoms. The van der Waals surface area contributed by atoms with Gasteiger partial charge < -0.3 is 4.90 Å². The number of halogens is 3. The Hall–Kier alpha value is -2.65. The van der Waals surface area contributed by atoms with Crippen LogP contribution in [-0.2, 0) is 27.5 Å². The second kappa shape index (κ2) is 9.87. The Morgan fingerprint density at radius 3 is 2.25 bits per heavy atom. The quantitative estimate of drug-likeness (QED) is 0.571. The molecule has 0 radical (unpaired) electrons. The number of rotatable bonds is 7. The third-order valence-corrected chi connectivity index (χ3v) is 7.45. The van der Waals surface area contributed by atoms with Crippen LogP contribution in [0.1, 0.15) is 24.0 Å². The van der Waals surface area contributed by atoms with Crippen LogP contribution in [0.4, 0.5) is 13.2 Å². The minimum absolute atomic E-state index is 0.0157. The number of alkyl halides is 3. The maximum atomic E-state index is 13.3. The molecular weight excluding hydrogens is 441 g/mol. The van der Waals surface area contributed by atoms with Gasteiger partial charge in [0.2, 0.25) is 15.9 Å². The zero-order chi connectivity index (χ0) is 23.4. The van der Waals surface area contributed by atoms with Gasteiger partial charge in [-0.25, -0.2) is 8.42 Å². The van der Waals surface area contributed by atoms with Gasteiger partial charge in [0.25, 0.3) is 0 Å². The second-order valence-electron chi connectivity index (χ2n) is 7.67. The van der Waals surface area contributed by atoms with Crippen molar-refractivity contribution in [1.29, 1.82) is 0 Å². The molecule has 1 amide bonds. The molecule has 3 rings (SSSR count). The summed E-state index contributed by atoms with van der Waals surface area (Å²) in [5.74, 6) is -0.510. The van der Waals surface area contributed by atoms with Crippen LogP contribution in [-0.4, -0.2) is 43.2 Å². The third kappa shape index (κ3) is 5.39. The van der Waals surface area contributed by atoms with Gasteiger partial charge in [-0.3, -0.25) is 4.79 Å². The van der Waals surface area contributed by atoms with Crippen molar-refractivity contribution in [2.45, 2.75) is 30.5 Å². The molecule has 0 aromatic heterocycles. The van der Waals surface area contributed by atoms with Crippen LogP contribution in [0.15, 0.2) is 72.1 Å². The summed E-state index contributed by atoms with van der Waals surface area (Å²) in [6.45, 7) is 4.43. The maximum Gasteiger partial charge on any atom is 0.417 e. The molecule has 1 aliphatic heterocycles. The first-order chi connectivity index (χ1) is 15.1. The van der Waals surface area contributed by atoms with E-state index >= 15 is 0 Å². The Morgan fingerprint density at radius 1 is 1.06 bits per heavy atom. The number of hydrogen-bond donors (Lipinski definition) is 0. The van der Waals surface area contributed by atoms with Crippen LogP contribution in [0.3, 0.4) is 0 Å². The van der Waals surface area contributed by atoms with Gasteiger partial charge in [0.1, 0.15) is 0 Å². The molecule has 2 aromatic rings. The van der Waals surface area contributed by atoms with E-state index in [2.05, 4.69) is 6.58 Å². The van der Waals surface area contributed by atoms with Crippen LogP contribution >= 0.6 is 0 Å². The van der Waals surface area contributed by atoms with E-state index in [9.17, 15) is 26.4 Å². The molecule has 1 saturated heterocycles. The average molecular weight is 467 g/mol. The molecule has 1 heterocycles. The fraction of sp³-hybridized carbons (Fsp3) is 0.348. The van der Waals surface area contributed by atoms with E-state index in [1.807, 2.05) is 30.3 Å². The van der Waals surface area contributed by atoms with E-state index in [1.54, 1.807) is 11.0 Å². The summed E-state index contributed by atoms with van der Waals surface area (Å²) >= 11 is 0. The predicted molar refractivity (Wildman–Crippen MR) is 115 cm³/mol. The molecule has 32 heavy (non-hydrogen) atoms. The molecule has 172 valence electrons. The van der Waals surface area contributed by atoms with Crippen LogP contribution in [0.25, 0.3) is 0 Å². The lowest BCUT2D eigenvalue weighted by molar-refractivity contribution is -0.140. The molecule has 1 fully saturated rings. The Labute approximate surface area is 186 Å². The molecule has 0 atom stereocenters. The zero-order valence-electron chi connectivity index (χ0n) is 17.5. The normalized spacial score (nSPS) is 16.0. The standard InChI is InChI=1S/C23H25F3N2O3S/c1-2-14-27(17-18-8-4-3-5-9-18)22(29)19-12-15-28(16-13-19)32(30,31)21-11-7-6-10-20(21)23(24,25)26/h2-11,19H,1,12-17H2. The topological polar surface area (TPSA) is 57.7 Å². The Bertz CT molecular complexity index is 1050. The van der Waals surface area contributed by atoms with E-state index in [1.165, 1.54) is 6.07 Å². The summed E-state index contributed by atoms with van der Waals surface area (Å²) < 4.78 is 66.8. The molecule has 0 saturated carbocycles. The fourth-order valence-corrected chi connectivity index (χ4v) is 5.54. The number of benzene rings is 2. The van der Waals surface area contributed by atoms with Crippen LogP contribution in [0, 0.1) is 5.92 Å². The Morgan fingerprint density at radius 2 is 1.66 bits per heavy atom. The Kier molecular flexibility index (Phi) is 7.40. The summed E-state index contributed by atoms with van der Waals surface area (Å²) in [4.78, 5) is 14.0. The largest absolute Gasteiger partial charge is 0.417 e. The van der Waals surface area contributed by atoms with Crippen molar-refractivity contribution in [3.63, 3.8) is 0 Å². The number of amides is 1. The van der Waals surface area contributed by atoms with E-state index in [0.29, 0.717) is 13.1 Å². The molecular formula is C23H25F3N2O3S. The molecule has 5 nitrogen and oxygen atoms in total. The SMILES string of the molecule is C=CCN(Cc1ccccc1)C(=O)C1CCN(S(=O)(=O)c2ccccc2C(F)(F)F)CC1. The summed E-state index contributed by atoms with van der Waals surface area (Å²) in [5, 5.41) is 0. The molecule has 2 aromatic carbocycles. The summed E-state index contributed by atoms with van der Waals surface area (Å²) in [6, 6.07) is 13.6. The van der Waals surface area contributed by atoms with Crippen molar-refractivity contribution >= 4 is 15.9 Å². The predicted octanol–water partition coefficient (Wildman–Crippen LogP) is 4.32. The van der Waals surface area contributed by atoms with Crippen molar-refractivity contribution < 1.29 is 26.4 Å². The molecule has 0 N–H and O–H groups in total. The van der Waals surface area contributed by atoms with Crippen LogP contribution in [0.2, 0.25) is 0 Å². The van der Waals surface area contributed by atoms with Crippen molar-refractivity contribution in [3.05, 3.63) is 78.4 Å². The highest BCUT2D eigenvalue weighted by Crippen LogP contribution is 2.36. The van der Waals surface area contributed by atoms with Gasteiger partial charge in [0.05, 0.1) is 10.5 Å². The van der Waals surface area contributed by atoms with Crippen LogP contribution in [0.5, 0.6) is 0 Å². The van der Waals surface area contributed by atoms with Gasteiger partial charge in [0, 0.05) is 32.1 Å². The maximum absolute atomic E-state index is 13.3. The third-order valence-electron chi connectivity index (χ3n) is 5.49. The highest BCUT2D eigenvalue weighted by atomic mass is 32.2. The monoisotopic (exact) mass is 466 g/mol. The second-order valence-corrected chi connectivity index (χ2v) is 9.57. The Balaban J connectivity index is 1.71. The lowest BCUT2D eigenvalue weighted by Gasteiger charge is -2.34. The summed E-state index contributed by atoms with van der Waals surface area (Å²) in [6.07, 6.45) is -2.65. The molecule has 1 aliphatic rings. The molecule has 9 heteroatoms. The van der Waals surface area contributed by atoms with Crippen molar-refractivity contribution in [2.75, 3.05) is 19.6 Å². The highest BCUT2D eigenvalue weighted by molar-refractivity contribution is 7.89. The minimum Gasteiger partial charge on any atom is -0.334 e. The molecule has 0 bridgehead atoms. The lowest BCUT2D eigenvalue weighted by Crippen LogP contribution is -2.44. The first-order valence-electron chi connectivity index (χ1n) is 10.2.